The molecule has 1 aliphatic heterocycles. The fourth-order valence-corrected chi connectivity index (χ4v) is 4.04. The summed E-state index contributed by atoms with van der Waals surface area (Å²) in [5, 5.41) is 39.9. The van der Waals surface area contributed by atoms with E-state index < -0.39 is 42.9 Å². The molecule has 2 aromatic carbocycles. The molecule has 36 heavy (non-hydrogen) atoms. The van der Waals surface area contributed by atoms with E-state index in [1.54, 1.807) is 43.3 Å². The van der Waals surface area contributed by atoms with Crippen LogP contribution in [0.2, 0.25) is 0 Å². The Morgan fingerprint density at radius 1 is 0.944 bits per heavy atom. The van der Waals surface area contributed by atoms with Gasteiger partial charge in [0.05, 0.1) is 31.8 Å². The third-order valence-electron chi connectivity index (χ3n) is 6.06. The third kappa shape index (κ3) is 4.95. The standard InChI is InChI=1S/C26H28O10/c1-13-24(33-3)20-15(10-17(32-2)11-18(20)35-25(13)31)7-4-14-5-8-16(9-6-14)34-26-23(30)22(29)21(28)19(12-27)36-26/h4-11,19,21-23,26-30H,12H2,1-3H3/b7-4+/t19-,21-,22+,23-,26-/m1/s1. The van der Waals surface area contributed by atoms with Crippen LogP contribution >= 0.6 is 0 Å². The number of aliphatic hydroxyl groups excluding tert-OH is 4. The zero-order chi connectivity index (χ0) is 26.0. The molecule has 2 heterocycles. The molecule has 1 fully saturated rings. The molecule has 0 radical (unpaired) electrons. The van der Waals surface area contributed by atoms with Gasteiger partial charge >= 0.3 is 5.63 Å². The fourth-order valence-electron chi connectivity index (χ4n) is 4.04. The molecule has 5 atom stereocenters. The topological polar surface area (TPSA) is 148 Å². The minimum atomic E-state index is -1.52. The van der Waals surface area contributed by atoms with Gasteiger partial charge in [0, 0.05) is 6.07 Å². The van der Waals surface area contributed by atoms with E-state index in [0.717, 1.165) is 11.1 Å². The second-order valence-electron chi connectivity index (χ2n) is 8.36. The van der Waals surface area contributed by atoms with Crippen LogP contribution in [0.3, 0.4) is 0 Å². The molecule has 0 unspecified atom stereocenters. The molecule has 1 saturated heterocycles. The van der Waals surface area contributed by atoms with Crippen LogP contribution in [0.25, 0.3) is 23.1 Å². The second-order valence-corrected chi connectivity index (χ2v) is 8.36. The number of hydrogen-bond donors (Lipinski definition) is 4. The summed E-state index contributed by atoms with van der Waals surface area (Å²) in [4.78, 5) is 12.2. The SMILES string of the molecule is COc1cc(/C=C/c2ccc(O[C@@H]3O[C@H](CO)[C@@H](O)[C@H](O)[C@H]3O)cc2)c2c(OC)c(C)c(=O)oc2c1. The van der Waals surface area contributed by atoms with Crippen molar-refractivity contribution in [3.8, 4) is 17.2 Å². The lowest BCUT2D eigenvalue weighted by atomic mass is 9.99. The molecule has 1 aromatic heterocycles. The van der Waals surface area contributed by atoms with E-state index >= 15 is 0 Å². The van der Waals surface area contributed by atoms with E-state index in [0.29, 0.717) is 33.8 Å². The van der Waals surface area contributed by atoms with Gasteiger partial charge in [0.2, 0.25) is 6.29 Å². The third-order valence-corrected chi connectivity index (χ3v) is 6.06. The summed E-state index contributed by atoms with van der Waals surface area (Å²) in [7, 11) is 3.01. The molecule has 1 aliphatic rings. The molecule has 4 N–H and O–H groups in total. The van der Waals surface area contributed by atoms with Crippen LogP contribution in [-0.2, 0) is 4.74 Å². The first-order valence-electron chi connectivity index (χ1n) is 11.2. The summed E-state index contributed by atoms with van der Waals surface area (Å²) >= 11 is 0. The van der Waals surface area contributed by atoms with Crippen molar-refractivity contribution in [3.63, 3.8) is 0 Å². The minimum Gasteiger partial charge on any atom is -0.497 e. The maximum absolute atomic E-state index is 12.2. The van der Waals surface area contributed by atoms with Crippen molar-refractivity contribution in [3.05, 3.63) is 63.5 Å². The highest BCUT2D eigenvalue weighted by Crippen LogP contribution is 2.34. The van der Waals surface area contributed by atoms with Crippen molar-refractivity contribution in [2.24, 2.45) is 0 Å². The van der Waals surface area contributed by atoms with Gasteiger partial charge in [-0.2, -0.15) is 0 Å². The first kappa shape index (κ1) is 25.7. The summed E-state index contributed by atoms with van der Waals surface area (Å²) in [5.41, 5.74) is 1.73. The number of aliphatic hydroxyl groups is 4. The average molecular weight is 501 g/mol. The van der Waals surface area contributed by atoms with Crippen LogP contribution in [0, 0.1) is 6.92 Å². The Morgan fingerprint density at radius 3 is 2.31 bits per heavy atom. The lowest BCUT2D eigenvalue weighted by Gasteiger charge is -2.39. The van der Waals surface area contributed by atoms with Crippen molar-refractivity contribution >= 4 is 23.1 Å². The van der Waals surface area contributed by atoms with E-state index in [9.17, 15) is 25.2 Å². The maximum Gasteiger partial charge on any atom is 0.342 e. The summed E-state index contributed by atoms with van der Waals surface area (Å²) in [6, 6.07) is 10.3. The number of fused-ring (bicyclic) bond motifs is 1. The van der Waals surface area contributed by atoms with Gasteiger partial charge in [-0.1, -0.05) is 24.3 Å². The molecular formula is C26H28O10. The Morgan fingerprint density at radius 2 is 1.67 bits per heavy atom. The lowest BCUT2D eigenvalue weighted by Crippen LogP contribution is -2.60. The monoisotopic (exact) mass is 500 g/mol. The number of hydrogen-bond acceptors (Lipinski definition) is 10. The largest absolute Gasteiger partial charge is 0.497 e. The molecule has 0 spiro atoms. The number of methoxy groups -OCH3 is 2. The van der Waals surface area contributed by atoms with Gasteiger partial charge in [-0.15, -0.1) is 0 Å². The molecule has 0 aliphatic carbocycles. The Labute approximate surface area is 206 Å². The molecule has 0 saturated carbocycles. The van der Waals surface area contributed by atoms with Crippen molar-refractivity contribution in [1.29, 1.82) is 0 Å². The zero-order valence-corrected chi connectivity index (χ0v) is 20.0. The van der Waals surface area contributed by atoms with Crippen molar-refractivity contribution in [1.82, 2.24) is 0 Å². The van der Waals surface area contributed by atoms with E-state index in [1.807, 2.05) is 12.2 Å². The van der Waals surface area contributed by atoms with Gasteiger partial charge in [-0.05, 0) is 36.2 Å². The number of ether oxygens (including phenoxy) is 4. The predicted octanol–water partition coefficient (Wildman–Crippen LogP) is 1.47. The van der Waals surface area contributed by atoms with Crippen LogP contribution in [-0.4, -0.2) is 72.0 Å². The summed E-state index contributed by atoms with van der Waals surface area (Å²) in [6.07, 6.45) is -3.13. The second kappa shape index (κ2) is 10.7. The van der Waals surface area contributed by atoms with Gasteiger partial charge < -0.3 is 43.8 Å². The van der Waals surface area contributed by atoms with Gasteiger partial charge in [0.1, 0.15) is 47.2 Å². The van der Waals surface area contributed by atoms with Crippen LogP contribution in [0.15, 0.2) is 45.6 Å². The van der Waals surface area contributed by atoms with Gasteiger partial charge in [0.25, 0.3) is 0 Å². The highest BCUT2D eigenvalue weighted by Gasteiger charge is 2.44. The Balaban J connectivity index is 1.59. The fraction of sp³-hybridized carbons (Fsp3) is 0.346. The van der Waals surface area contributed by atoms with Gasteiger partial charge in [-0.25, -0.2) is 4.79 Å². The Kier molecular flexibility index (Phi) is 7.62. The number of rotatable bonds is 7. The molecule has 0 bridgehead atoms. The molecule has 192 valence electrons. The first-order chi connectivity index (χ1) is 17.3. The summed E-state index contributed by atoms with van der Waals surface area (Å²) in [5.74, 6) is 1.29. The van der Waals surface area contributed by atoms with Gasteiger partial charge in [0.15, 0.2) is 0 Å². The lowest BCUT2D eigenvalue weighted by molar-refractivity contribution is -0.277. The van der Waals surface area contributed by atoms with E-state index in [1.165, 1.54) is 14.2 Å². The highest BCUT2D eigenvalue weighted by atomic mass is 16.7. The molecular weight excluding hydrogens is 472 g/mol. The van der Waals surface area contributed by atoms with E-state index in [-0.39, 0.29) is 0 Å². The van der Waals surface area contributed by atoms with Crippen LogP contribution in [0.1, 0.15) is 16.7 Å². The van der Waals surface area contributed by atoms with Crippen molar-refractivity contribution in [2.75, 3.05) is 20.8 Å². The van der Waals surface area contributed by atoms with E-state index in [2.05, 4.69) is 0 Å². The number of benzene rings is 2. The van der Waals surface area contributed by atoms with Crippen molar-refractivity contribution in [2.45, 2.75) is 37.6 Å². The molecule has 4 rings (SSSR count). The predicted molar refractivity (Wildman–Crippen MR) is 130 cm³/mol. The first-order valence-corrected chi connectivity index (χ1v) is 11.2. The van der Waals surface area contributed by atoms with Crippen LogP contribution in [0.5, 0.6) is 17.2 Å². The van der Waals surface area contributed by atoms with Gasteiger partial charge in [-0.3, -0.25) is 0 Å². The van der Waals surface area contributed by atoms with Crippen LogP contribution < -0.4 is 19.8 Å². The summed E-state index contributed by atoms with van der Waals surface area (Å²) < 4.78 is 27.3. The quantitative estimate of drug-likeness (QED) is 0.278. The zero-order valence-electron chi connectivity index (χ0n) is 20.0. The molecule has 10 heteroatoms. The van der Waals surface area contributed by atoms with Crippen LogP contribution in [0.4, 0.5) is 0 Å². The highest BCUT2D eigenvalue weighted by molar-refractivity contribution is 5.95. The smallest absolute Gasteiger partial charge is 0.342 e. The molecule has 0 amide bonds. The van der Waals surface area contributed by atoms with Crippen molar-refractivity contribution < 1.29 is 43.8 Å². The van der Waals surface area contributed by atoms with E-state index in [4.69, 9.17) is 23.4 Å². The Bertz CT molecular complexity index is 1290. The molecule has 10 nitrogen and oxygen atoms in total. The molecule has 3 aromatic rings. The maximum atomic E-state index is 12.2. The average Bonchev–Trinajstić information content (AvgIpc) is 2.89. The summed E-state index contributed by atoms with van der Waals surface area (Å²) in [6.45, 7) is 1.09. The normalized spacial score (nSPS) is 24.2. The Hall–Kier alpha value is -3.41. The minimum absolute atomic E-state index is 0.338.